The fourth-order valence-electron chi connectivity index (χ4n) is 1.61. The lowest BCUT2D eigenvalue weighted by atomic mass is 10.1. The van der Waals surface area contributed by atoms with E-state index in [0.717, 1.165) is 12.4 Å². The molecule has 2 nitrogen and oxygen atoms in total. The predicted octanol–water partition coefficient (Wildman–Crippen LogP) is 3.30. The molecule has 1 aromatic heterocycles. The normalized spacial score (nSPS) is 11.1. The molecule has 0 radical (unpaired) electrons. The topological polar surface area (TPSA) is 16.1 Å². The van der Waals surface area contributed by atoms with Gasteiger partial charge in [0.1, 0.15) is 5.82 Å². The van der Waals surface area contributed by atoms with Crippen LogP contribution in [0.2, 0.25) is 0 Å². The van der Waals surface area contributed by atoms with Crippen LogP contribution in [0.4, 0.5) is 5.82 Å². The Morgan fingerprint density at radius 1 is 1.20 bits per heavy atom. The van der Waals surface area contributed by atoms with Gasteiger partial charge in [-0.1, -0.05) is 33.8 Å². The highest BCUT2D eigenvalue weighted by Crippen LogP contribution is 2.16. The van der Waals surface area contributed by atoms with E-state index in [4.69, 9.17) is 0 Å². The number of anilines is 1. The van der Waals surface area contributed by atoms with Crippen molar-refractivity contribution in [2.24, 2.45) is 5.92 Å². The highest BCUT2D eigenvalue weighted by molar-refractivity contribution is 5.38. The Bertz CT molecular complexity index is 288. The third-order valence-corrected chi connectivity index (χ3v) is 2.47. The molecule has 0 bridgehead atoms. The van der Waals surface area contributed by atoms with E-state index < -0.39 is 0 Å². The zero-order chi connectivity index (χ0) is 11.4. The average Bonchev–Trinajstić information content (AvgIpc) is 2.17. The molecule has 0 aliphatic heterocycles. The van der Waals surface area contributed by atoms with Gasteiger partial charge in [0, 0.05) is 19.8 Å². The van der Waals surface area contributed by atoms with E-state index in [1.165, 1.54) is 5.56 Å². The summed E-state index contributed by atoms with van der Waals surface area (Å²) in [5.74, 6) is 2.29. The molecule has 0 atom stereocenters. The number of aromatic nitrogens is 1. The van der Waals surface area contributed by atoms with Crippen molar-refractivity contribution in [3.8, 4) is 0 Å². The van der Waals surface area contributed by atoms with Gasteiger partial charge in [0.05, 0.1) is 0 Å². The maximum Gasteiger partial charge on any atom is 0.128 e. The van der Waals surface area contributed by atoms with Crippen LogP contribution in [0, 0.1) is 5.92 Å². The molecular formula is C13H22N2. The van der Waals surface area contributed by atoms with E-state index in [0.29, 0.717) is 11.8 Å². The van der Waals surface area contributed by atoms with E-state index in [1.54, 1.807) is 0 Å². The van der Waals surface area contributed by atoms with Gasteiger partial charge >= 0.3 is 0 Å². The molecule has 0 saturated carbocycles. The van der Waals surface area contributed by atoms with Crippen LogP contribution in [0.1, 0.15) is 39.2 Å². The van der Waals surface area contributed by atoms with Crippen LogP contribution in [-0.2, 0) is 0 Å². The first-order valence-electron chi connectivity index (χ1n) is 5.67. The maximum atomic E-state index is 4.48. The Hall–Kier alpha value is -1.05. The molecule has 0 unspecified atom stereocenters. The molecule has 1 rings (SSSR count). The SMILES string of the molecule is CC(C)CN(C)c1ccc(C(C)C)cn1. The van der Waals surface area contributed by atoms with Crippen LogP contribution in [0.25, 0.3) is 0 Å². The maximum absolute atomic E-state index is 4.48. The summed E-state index contributed by atoms with van der Waals surface area (Å²) in [6.45, 7) is 9.87. The van der Waals surface area contributed by atoms with Gasteiger partial charge in [0.15, 0.2) is 0 Å². The Morgan fingerprint density at radius 3 is 2.27 bits per heavy atom. The zero-order valence-electron chi connectivity index (χ0n) is 10.5. The molecule has 1 aromatic rings. The van der Waals surface area contributed by atoms with Crippen LogP contribution in [-0.4, -0.2) is 18.6 Å². The van der Waals surface area contributed by atoms with E-state index in [2.05, 4.69) is 56.8 Å². The van der Waals surface area contributed by atoms with Crippen molar-refractivity contribution >= 4 is 5.82 Å². The van der Waals surface area contributed by atoms with Crippen molar-refractivity contribution in [1.29, 1.82) is 0 Å². The van der Waals surface area contributed by atoms with Crippen molar-refractivity contribution in [2.45, 2.75) is 33.6 Å². The number of rotatable bonds is 4. The minimum absolute atomic E-state index is 0.557. The predicted molar refractivity (Wildman–Crippen MR) is 66.4 cm³/mol. The van der Waals surface area contributed by atoms with Gasteiger partial charge in [-0.15, -0.1) is 0 Å². The van der Waals surface area contributed by atoms with Crippen molar-refractivity contribution in [2.75, 3.05) is 18.5 Å². The van der Waals surface area contributed by atoms with Gasteiger partial charge in [-0.3, -0.25) is 0 Å². The van der Waals surface area contributed by atoms with Gasteiger partial charge in [-0.25, -0.2) is 4.98 Å². The highest BCUT2D eigenvalue weighted by atomic mass is 15.2. The highest BCUT2D eigenvalue weighted by Gasteiger charge is 2.05. The van der Waals surface area contributed by atoms with Crippen LogP contribution in [0.3, 0.4) is 0 Å². The molecule has 0 aliphatic rings. The van der Waals surface area contributed by atoms with Gasteiger partial charge in [0.25, 0.3) is 0 Å². The Morgan fingerprint density at radius 2 is 1.87 bits per heavy atom. The lowest BCUT2D eigenvalue weighted by molar-refractivity contribution is 0.634. The molecule has 0 fully saturated rings. The summed E-state index contributed by atoms with van der Waals surface area (Å²) >= 11 is 0. The number of hydrogen-bond donors (Lipinski definition) is 0. The molecule has 84 valence electrons. The summed E-state index contributed by atoms with van der Waals surface area (Å²) in [6, 6.07) is 4.28. The molecule has 0 saturated heterocycles. The van der Waals surface area contributed by atoms with Crippen molar-refractivity contribution in [1.82, 2.24) is 4.98 Å². The average molecular weight is 206 g/mol. The quantitative estimate of drug-likeness (QED) is 0.751. The van der Waals surface area contributed by atoms with E-state index in [1.807, 2.05) is 6.20 Å². The second-order valence-corrected chi connectivity index (χ2v) is 4.88. The summed E-state index contributed by atoms with van der Waals surface area (Å²) in [5.41, 5.74) is 1.30. The molecule has 0 aromatic carbocycles. The second kappa shape index (κ2) is 5.15. The van der Waals surface area contributed by atoms with Crippen molar-refractivity contribution in [3.63, 3.8) is 0 Å². The van der Waals surface area contributed by atoms with E-state index in [9.17, 15) is 0 Å². The summed E-state index contributed by atoms with van der Waals surface area (Å²) < 4.78 is 0. The molecule has 0 amide bonds. The summed E-state index contributed by atoms with van der Waals surface area (Å²) in [4.78, 5) is 6.68. The van der Waals surface area contributed by atoms with Crippen molar-refractivity contribution in [3.05, 3.63) is 23.9 Å². The Labute approximate surface area is 93.3 Å². The molecular weight excluding hydrogens is 184 g/mol. The fourth-order valence-corrected chi connectivity index (χ4v) is 1.61. The van der Waals surface area contributed by atoms with Crippen LogP contribution in [0.15, 0.2) is 18.3 Å². The van der Waals surface area contributed by atoms with Crippen LogP contribution < -0.4 is 4.90 Å². The van der Waals surface area contributed by atoms with E-state index in [-0.39, 0.29) is 0 Å². The van der Waals surface area contributed by atoms with Crippen LogP contribution in [0.5, 0.6) is 0 Å². The Balaban J connectivity index is 2.71. The lowest BCUT2D eigenvalue weighted by Gasteiger charge is -2.20. The summed E-state index contributed by atoms with van der Waals surface area (Å²) in [5, 5.41) is 0. The monoisotopic (exact) mass is 206 g/mol. The third-order valence-electron chi connectivity index (χ3n) is 2.47. The molecule has 1 heterocycles. The number of nitrogens with zero attached hydrogens (tertiary/aromatic N) is 2. The van der Waals surface area contributed by atoms with Gasteiger partial charge in [-0.05, 0) is 23.5 Å². The van der Waals surface area contributed by atoms with E-state index >= 15 is 0 Å². The van der Waals surface area contributed by atoms with Gasteiger partial charge in [0.2, 0.25) is 0 Å². The minimum atomic E-state index is 0.557. The minimum Gasteiger partial charge on any atom is -0.359 e. The second-order valence-electron chi connectivity index (χ2n) is 4.88. The van der Waals surface area contributed by atoms with Gasteiger partial charge < -0.3 is 4.90 Å². The molecule has 0 spiro atoms. The smallest absolute Gasteiger partial charge is 0.128 e. The summed E-state index contributed by atoms with van der Waals surface area (Å²) in [6.07, 6.45) is 1.98. The van der Waals surface area contributed by atoms with Gasteiger partial charge in [-0.2, -0.15) is 0 Å². The molecule has 0 aliphatic carbocycles. The van der Waals surface area contributed by atoms with Crippen molar-refractivity contribution < 1.29 is 0 Å². The summed E-state index contributed by atoms with van der Waals surface area (Å²) in [7, 11) is 2.09. The first-order chi connectivity index (χ1) is 7.00. The first kappa shape index (κ1) is 12.0. The standard InChI is InChI=1S/C13H22N2/c1-10(2)9-15(5)13-7-6-12(8-14-13)11(3)4/h6-8,10-11H,9H2,1-5H3. The fraction of sp³-hybridized carbons (Fsp3) is 0.615. The molecule has 15 heavy (non-hydrogen) atoms. The Kier molecular flexibility index (Phi) is 4.13. The zero-order valence-corrected chi connectivity index (χ0v) is 10.5. The lowest BCUT2D eigenvalue weighted by Crippen LogP contribution is -2.23. The third kappa shape index (κ3) is 3.54. The number of pyridine rings is 1. The first-order valence-corrected chi connectivity index (χ1v) is 5.67. The molecule has 2 heteroatoms. The number of hydrogen-bond acceptors (Lipinski definition) is 2. The largest absolute Gasteiger partial charge is 0.359 e. The van der Waals surface area contributed by atoms with Crippen LogP contribution >= 0.6 is 0 Å². The molecule has 0 N–H and O–H groups in total.